The topological polar surface area (TPSA) is 66.4 Å². The lowest BCUT2D eigenvalue weighted by atomic mass is 10.1. The molecular formula is C11H11BrClNO3. The van der Waals surface area contributed by atoms with E-state index in [1.807, 2.05) is 0 Å². The van der Waals surface area contributed by atoms with E-state index in [9.17, 15) is 9.59 Å². The maximum Gasteiger partial charge on any atom is 0.326 e. The summed E-state index contributed by atoms with van der Waals surface area (Å²) in [6.07, 6.45) is 0.196. The number of carboxylic acid groups (broad SMARTS) is 1. The lowest BCUT2D eigenvalue weighted by Gasteiger charge is -2.13. The standard InChI is InChI=1S/C11H11BrClNO3/c1-6(15)14-10(11(16)17)5-7-2-3-8(12)9(13)4-7/h2-4,10H,5H2,1H3,(H,14,15)(H,16,17). The van der Waals surface area contributed by atoms with Crippen molar-refractivity contribution < 1.29 is 14.7 Å². The Morgan fingerprint density at radius 2 is 2.18 bits per heavy atom. The zero-order chi connectivity index (χ0) is 13.0. The molecule has 1 aromatic carbocycles. The molecule has 0 spiro atoms. The molecule has 92 valence electrons. The van der Waals surface area contributed by atoms with Gasteiger partial charge in [0.15, 0.2) is 0 Å². The van der Waals surface area contributed by atoms with Crippen molar-refractivity contribution in [3.05, 3.63) is 33.3 Å². The van der Waals surface area contributed by atoms with E-state index in [0.29, 0.717) is 5.02 Å². The predicted octanol–water partition coefficient (Wildman–Crippen LogP) is 2.23. The fourth-order valence-electron chi connectivity index (χ4n) is 1.35. The van der Waals surface area contributed by atoms with Crippen LogP contribution in [0.2, 0.25) is 5.02 Å². The summed E-state index contributed by atoms with van der Waals surface area (Å²) in [5.41, 5.74) is 0.749. The minimum Gasteiger partial charge on any atom is -0.480 e. The van der Waals surface area contributed by atoms with E-state index in [1.165, 1.54) is 6.92 Å². The first-order chi connectivity index (χ1) is 7.90. The second-order valence-electron chi connectivity index (χ2n) is 3.54. The lowest BCUT2D eigenvalue weighted by Crippen LogP contribution is -2.41. The number of carbonyl (C=O) groups is 2. The number of carbonyl (C=O) groups excluding carboxylic acids is 1. The third-order valence-electron chi connectivity index (χ3n) is 2.10. The van der Waals surface area contributed by atoms with Crippen molar-refractivity contribution in [1.82, 2.24) is 5.32 Å². The Labute approximate surface area is 112 Å². The summed E-state index contributed by atoms with van der Waals surface area (Å²) >= 11 is 9.15. The van der Waals surface area contributed by atoms with Crippen LogP contribution in [0, 0.1) is 0 Å². The molecule has 1 rings (SSSR count). The molecule has 1 unspecified atom stereocenters. The minimum absolute atomic E-state index is 0.196. The van der Waals surface area contributed by atoms with Gasteiger partial charge in [0.2, 0.25) is 5.91 Å². The van der Waals surface area contributed by atoms with Crippen molar-refractivity contribution in [1.29, 1.82) is 0 Å². The SMILES string of the molecule is CC(=O)NC(Cc1ccc(Br)c(Cl)c1)C(=O)O. The van der Waals surface area contributed by atoms with Crippen molar-refractivity contribution in [2.75, 3.05) is 0 Å². The zero-order valence-corrected chi connectivity index (χ0v) is 11.4. The molecule has 1 atom stereocenters. The van der Waals surface area contributed by atoms with E-state index in [1.54, 1.807) is 18.2 Å². The van der Waals surface area contributed by atoms with E-state index in [4.69, 9.17) is 16.7 Å². The Bertz CT molecular complexity index is 450. The number of aliphatic carboxylic acids is 1. The summed E-state index contributed by atoms with van der Waals surface area (Å²) in [7, 11) is 0. The summed E-state index contributed by atoms with van der Waals surface area (Å²) in [6.45, 7) is 1.28. The first-order valence-corrected chi connectivity index (χ1v) is 6.01. The maximum atomic E-state index is 10.9. The number of carboxylic acids is 1. The average Bonchev–Trinajstić information content (AvgIpc) is 2.21. The van der Waals surface area contributed by atoms with Crippen molar-refractivity contribution >= 4 is 39.4 Å². The van der Waals surface area contributed by atoms with Crippen LogP contribution in [0.5, 0.6) is 0 Å². The number of hydrogen-bond donors (Lipinski definition) is 2. The molecule has 0 bridgehead atoms. The Morgan fingerprint density at radius 1 is 1.53 bits per heavy atom. The molecule has 17 heavy (non-hydrogen) atoms. The summed E-state index contributed by atoms with van der Waals surface area (Å²) < 4.78 is 0.745. The van der Waals surface area contributed by atoms with Gasteiger partial charge in [-0.05, 0) is 33.6 Å². The molecule has 2 N–H and O–H groups in total. The zero-order valence-electron chi connectivity index (χ0n) is 9.04. The average molecular weight is 321 g/mol. The van der Waals surface area contributed by atoms with Gasteiger partial charge >= 0.3 is 5.97 Å². The van der Waals surface area contributed by atoms with Crippen LogP contribution < -0.4 is 5.32 Å². The highest BCUT2D eigenvalue weighted by Crippen LogP contribution is 2.23. The highest BCUT2D eigenvalue weighted by molar-refractivity contribution is 9.10. The normalized spacial score (nSPS) is 11.9. The van der Waals surface area contributed by atoms with Gasteiger partial charge in [-0.3, -0.25) is 4.79 Å². The van der Waals surface area contributed by atoms with Crippen molar-refractivity contribution in [2.45, 2.75) is 19.4 Å². The van der Waals surface area contributed by atoms with Gasteiger partial charge in [-0.2, -0.15) is 0 Å². The first kappa shape index (κ1) is 14.0. The van der Waals surface area contributed by atoms with E-state index >= 15 is 0 Å². The van der Waals surface area contributed by atoms with E-state index in [0.717, 1.165) is 10.0 Å². The monoisotopic (exact) mass is 319 g/mol. The third-order valence-corrected chi connectivity index (χ3v) is 3.33. The number of amides is 1. The van der Waals surface area contributed by atoms with Crippen LogP contribution in [0.3, 0.4) is 0 Å². The van der Waals surface area contributed by atoms with Crippen molar-refractivity contribution in [2.24, 2.45) is 0 Å². The fraction of sp³-hybridized carbons (Fsp3) is 0.273. The van der Waals surface area contributed by atoms with Gasteiger partial charge in [0.1, 0.15) is 6.04 Å². The van der Waals surface area contributed by atoms with E-state index < -0.39 is 12.0 Å². The van der Waals surface area contributed by atoms with Crippen LogP contribution >= 0.6 is 27.5 Å². The first-order valence-electron chi connectivity index (χ1n) is 4.84. The third kappa shape index (κ3) is 4.36. The molecule has 1 aromatic rings. The van der Waals surface area contributed by atoms with Gasteiger partial charge in [0.25, 0.3) is 0 Å². The van der Waals surface area contributed by atoms with Crippen molar-refractivity contribution in [3.8, 4) is 0 Å². The molecule has 0 fully saturated rings. The molecule has 6 heteroatoms. The van der Waals surface area contributed by atoms with Crippen LogP contribution in [0.25, 0.3) is 0 Å². The largest absolute Gasteiger partial charge is 0.480 e. The van der Waals surface area contributed by atoms with Crippen LogP contribution in [0.1, 0.15) is 12.5 Å². The smallest absolute Gasteiger partial charge is 0.326 e. The summed E-state index contributed by atoms with van der Waals surface area (Å²) in [5.74, 6) is -1.44. The number of halogens is 2. The van der Waals surface area contributed by atoms with Gasteiger partial charge in [-0.15, -0.1) is 0 Å². The highest BCUT2D eigenvalue weighted by atomic mass is 79.9. The molecule has 1 amide bonds. The summed E-state index contributed by atoms with van der Waals surface area (Å²) in [4.78, 5) is 21.8. The molecule has 0 saturated carbocycles. The molecule has 4 nitrogen and oxygen atoms in total. The Hall–Kier alpha value is -1.07. The maximum absolute atomic E-state index is 10.9. The lowest BCUT2D eigenvalue weighted by molar-refractivity contribution is -0.141. The minimum atomic E-state index is -1.07. The number of benzene rings is 1. The Morgan fingerprint density at radius 3 is 2.65 bits per heavy atom. The van der Waals surface area contributed by atoms with Gasteiger partial charge in [-0.25, -0.2) is 4.79 Å². The van der Waals surface area contributed by atoms with Crippen molar-refractivity contribution in [3.63, 3.8) is 0 Å². The number of hydrogen-bond acceptors (Lipinski definition) is 2. The van der Waals surface area contributed by atoms with Gasteiger partial charge < -0.3 is 10.4 Å². The van der Waals surface area contributed by atoms with Crippen LogP contribution in [-0.4, -0.2) is 23.0 Å². The summed E-state index contributed by atoms with van der Waals surface area (Å²) in [6, 6.07) is 4.23. The van der Waals surface area contributed by atoms with E-state index in [2.05, 4.69) is 21.2 Å². The molecule has 0 saturated heterocycles. The second-order valence-corrected chi connectivity index (χ2v) is 4.81. The Balaban J connectivity index is 2.82. The second kappa shape index (κ2) is 6.02. The Kier molecular flexibility index (Phi) is 4.96. The van der Waals surface area contributed by atoms with E-state index in [-0.39, 0.29) is 12.3 Å². The molecular weight excluding hydrogens is 309 g/mol. The van der Waals surface area contributed by atoms with Crippen LogP contribution in [0.15, 0.2) is 22.7 Å². The molecule has 0 heterocycles. The van der Waals surface area contributed by atoms with Gasteiger partial charge in [0, 0.05) is 17.8 Å². The molecule has 0 aliphatic heterocycles. The molecule has 0 aliphatic carbocycles. The van der Waals surface area contributed by atoms with Gasteiger partial charge in [-0.1, -0.05) is 17.7 Å². The fourth-order valence-corrected chi connectivity index (χ4v) is 1.80. The highest BCUT2D eigenvalue weighted by Gasteiger charge is 2.18. The van der Waals surface area contributed by atoms with Gasteiger partial charge in [0.05, 0.1) is 5.02 Å². The molecule has 0 radical (unpaired) electrons. The van der Waals surface area contributed by atoms with Crippen LogP contribution in [0.4, 0.5) is 0 Å². The van der Waals surface area contributed by atoms with Crippen LogP contribution in [-0.2, 0) is 16.0 Å². The summed E-state index contributed by atoms with van der Waals surface area (Å²) in [5, 5.41) is 11.8. The molecule has 0 aliphatic rings. The quantitative estimate of drug-likeness (QED) is 0.894. The number of rotatable bonds is 4. The number of nitrogens with one attached hydrogen (secondary N) is 1. The predicted molar refractivity (Wildman–Crippen MR) is 68.1 cm³/mol. The molecule has 0 aromatic heterocycles.